The molecule has 3 aromatic rings. The Kier molecular flexibility index (Phi) is 5.84. The number of para-hydroxylation sites is 1. The third-order valence-corrected chi connectivity index (χ3v) is 6.02. The van der Waals surface area contributed by atoms with E-state index in [9.17, 15) is 28.4 Å². The molecule has 10 heteroatoms. The summed E-state index contributed by atoms with van der Waals surface area (Å²) in [7, 11) is 1.43. The van der Waals surface area contributed by atoms with E-state index in [1.807, 2.05) is 5.32 Å². The number of benzene rings is 3. The molecule has 5 rings (SSSR count). The zero-order valence-corrected chi connectivity index (χ0v) is 19.4. The van der Waals surface area contributed by atoms with Gasteiger partial charge in [-0.25, -0.2) is 14.1 Å². The van der Waals surface area contributed by atoms with Gasteiger partial charge < -0.3 is 4.74 Å². The zero-order chi connectivity index (χ0) is 26.3. The summed E-state index contributed by atoms with van der Waals surface area (Å²) in [6.45, 7) is -0.119. The number of imide groups is 3. The highest BCUT2D eigenvalue weighted by molar-refractivity contribution is 6.39. The Morgan fingerprint density at radius 1 is 0.865 bits per heavy atom. The van der Waals surface area contributed by atoms with Gasteiger partial charge in [0.05, 0.1) is 30.5 Å². The molecule has 2 heterocycles. The van der Waals surface area contributed by atoms with Crippen molar-refractivity contribution in [2.45, 2.75) is 6.54 Å². The Morgan fingerprint density at radius 2 is 1.51 bits per heavy atom. The van der Waals surface area contributed by atoms with Crippen LogP contribution in [0.3, 0.4) is 0 Å². The molecule has 1 N–H and O–H groups in total. The maximum Gasteiger partial charge on any atom is 0.336 e. The second-order valence-corrected chi connectivity index (χ2v) is 8.22. The van der Waals surface area contributed by atoms with Gasteiger partial charge in [0.1, 0.15) is 17.1 Å². The number of anilines is 1. The molecule has 2 aliphatic rings. The number of rotatable bonds is 5. The molecular weight excluding hydrogens is 481 g/mol. The molecule has 37 heavy (non-hydrogen) atoms. The number of barbiturate groups is 1. The molecule has 9 nitrogen and oxygen atoms in total. The van der Waals surface area contributed by atoms with Crippen LogP contribution >= 0.6 is 0 Å². The molecule has 0 atom stereocenters. The molecule has 0 bridgehead atoms. The number of fused-ring (bicyclic) bond motifs is 1. The summed E-state index contributed by atoms with van der Waals surface area (Å²) in [5, 5.41) is 2.04. The highest BCUT2D eigenvalue weighted by Gasteiger charge is 2.38. The number of hydrogen-bond donors (Lipinski definition) is 1. The van der Waals surface area contributed by atoms with Crippen molar-refractivity contribution >= 4 is 41.4 Å². The van der Waals surface area contributed by atoms with E-state index >= 15 is 0 Å². The van der Waals surface area contributed by atoms with Crippen molar-refractivity contribution in [3.63, 3.8) is 0 Å². The van der Waals surface area contributed by atoms with Crippen molar-refractivity contribution < 1.29 is 33.1 Å². The van der Waals surface area contributed by atoms with Gasteiger partial charge in [-0.05, 0) is 48.0 Å². The van der Waals surface area contributed by atoms with Gasteiger partial charge in [0.15, 0.2) is 0 Å². The Hall–Kier alpha value is -5.12. The largest absolute Gasteiger partial charge is 0.496 e. The fourth-order valence-corrected chi connectivity index (χ4v) is 4.24. The van der Waals surface area contributed by atoms with E-state index in [0.29, 0.717) is 32.9 Å². The van der Waals surface area contributed by atoms with Crippen LogP contribution in [0.25, 0.3) is 6.08 Å². The van der Waals surface area contributed by atoms with E-state index < -0.39 is 41.1 Å². The van der Waals surface area contributed by atoms with E-state index in [-0.39, 0.29) is 12.2 Å². The van der Waals surface area contributed by atoms with Gasteiger partial charge in [-0.2, -0.15) is 0 Å². The lowest BCUT2D eigenvalue weighted by Gasteiger charge is -2.26. The Balaban J connectivity index is 1.49. The number of halogens is 1. The molecule has 2 aliphatic heterocycles. The highest BCUT2D eigenvalue weighted by Crippen LogP contribution is 2.29. The Labute approximate surface area is 209 Å². The SMILES string of the molecule is COc1ccc(C=C2C(=O)NC(=O)N(c3ccccc3F)C2=O)cc1CN1C(=O)c2ccccc2C1=O. The number of urea groups is 1. The van der Waals surface area contributed by atoms with Crippen molar-refractivity contribution in [1.29, 1.82) is 0 Å². The van der Waals surface area contributed by atoms with Crippen LogP contribution in [0, 0.1) is 5.82 Å². The minimum absolute atomic E-state index is 0.119. The van der Waals surface area contributed by atoms with Gasteiger partial charge in [0, 0.05) is 5.56 Å². The number of amides is 6. The maximum atomic E-state index is 14.3. The minimum atomic E-state index is -1.07. The number of nitrogens with zero attached hydrogens (tertiary/aromatic N) is 2. The second-order valence-electron chi connectivity index (χ2n) is 8.22. The normalized spacial score (nSPS) is 16.4. The number of nitrogens with one attached hydrogen (secondary N) is 1. The zero-order valence-electron chi connectivity index (χ0n) is 19.4. The van der Waals surface area contributed by atoms with Crippen LogP contribution in [0.1, 0.15) is 31.8 Å². The van der Waals surface area contributed by atoms with Gasteiger partial charge in [-0.1, -0.05) is 30.3 Å². The third kappa shape index (κ3) is 4.04. The van der Waals surface area contributed by atoms with E-state index in [2.05, 4.69) is 0 Å². The minimum Gasteiger partial charge on any atom is -0.496 e. The molecule has 0 aromatic heterocycles. The average molecular weight is 499 g/mol. The predicted molar refractivity (Wildman–Crippen MR) is 129 cm³/mol. The van der Waals surface area contributed by atoms with Crippen LogP contribution in [-0.4, -0.2) is 41.7 Å². The van der Waals surface area contributed by atoms with E-state index in [1.165, 1.54) is 31.4 Å². The van der Waals surface area contributed by atoms with Gasteiger partial charge in [-0.15, -0.1) is 0 Å². The maximum absolute atomic E-state index is 14.3. The van der Waals surface area contributed by atoms with E-state index in [0.717, 1.165) is 11.0 Å². The molecule has 0 spiro atoms. The number of carbonyl (C=O) groups is 5. The van der Waals surface area contributed by atoms with Gasteiger partial charge >= 0.3 is 6.03 Å². The molecule has 0 aliphatic carbocycles. The van der Waals surface area contributed by atoms with E-state index in [1.54, 1.807) is 42.5 Å². The summed E-state index contributed by atoms with van der Waals surface area (Å²) in [6, 6.07) is 15.3. The summed E-state index contributed by atoms with van der Waals surface area (Å²) in [4.78, 5) is 65.2. The summed E-state index contributed by atoms with van der Waals surface area (Å²) < 4.78 is 19.7. The van der Waals surface area contributed by atoms with Gasteiger partial charge in [0.2, 0.25) is 0 Å². The molecule has 1 saturated heterocycles. The summed E-state index contributed by atoms with van der Waals surface area (Å²) in [5.74, 6) is -3.29. The smallest absolute Gasteiger partial charge is 0.336 e. The van der Waals surface area contributed by atoms with Crippen LogP contribution in [-0.2, 0) is 16.1 Å². The molecule has 3 aromatic carbocycles. The Morgan fingerprint density at radius 3 is 2.16 bits per heavy atom. The van der Waals surface area contributed by atoms with Crippen molar-refractivity contribution in [3.8, 4) is 5.75 Å². The number of methoxy groups -OCH3 is 1. The van der Waals surface area contributed by atoms with Crippen molar-refractivity contribution in [1.82, 2.24) is 10.2 Å². The molecular formula is C27H18FN3O6. The van der Waals surface area contributed by atoms with Gasteiger partial charge in [0.25, 0.3) is 23.6 Å². The summed E-state index contributed by atoms with van der Waals surface area (Å²) in [5.41, 5.74) is 0.689. The quantitative estimate of drug-likeness (QED) is 0.328. The molecule has 6 amide bonds. The lowest BCUT2D eigenvalue weighted by molar-refractivity contribution is -0.122. The number of carbonyl (C=O) groups excluding carboxylic acids is 5. The van der Waals surface area contributed by atoms with Crippen LogP contribution in [0.2, 0.25) is 0 Å². The summed E-state index contributed by atoms with van der Waals surface area (Å²) >= 11 is 0. The number of ether oxygens (including phenoxy) is 1. The molecule has 1 fully saturated rings. The van der Waals surface area contributed by atoms with Crippen LogP contribution in [0.5, 0.6) is 5.75 Å². The standard InChI is InChI=1S/C27H18FN3O6/c1-37-22-11-10-15(12-16(22)14-30-24(33)17-6-2-3-7-18(17)25(30)34)13-19-23(32)29-27(36)31(26(19)35)21-9-5-4-8-20(21)28/h2-13H,14H2,1H3,(H,29,32,36). The monoisotopic (exact) mass is 499 g/mol. The lowest BCUT2D eigenvalue weighted by atomic mass is 10.0. The first-order valence-electron chi connectivity index (χ1n) is 11.1. The first kappa shape index (κ1) is 23.6. The molecule has 0 saturated carbocycles. The molecule has 0 radical (unpaired) electrons. The van der Waals surface area contributed by atoms with E-state index in [4.69, 9.17) is 4.74 Å². The predicted octanol–water partition coefficient (Wildman–Crippen LogP) is 3.30. The van der Waals surface area contributed by atoms with Crippen molar-refractivity contribution in [2.75, 3.05) is 12.0 Å². The molecule has 184 valence electrons. The van der Waals surface area contributed by atoms with Crippen LogP contribution in [0.15, 0.2) is 72.3 Å². The van der Waals surface area contributed by atoms with Gasteiger partial charge in [-0.3, -0.25) is 29.4 Å². The highest BCUT2D eigenvalue weighted by atomic mass is 19.1. The topological polar surface area (TPSA) is 113 Å². The Bertz CT molecular complexity index is 1510. The molecule has 0 unspecified atom stereocenters. The lowest BCUT2D eigenvalue weighted by Crippen LogP contribution is -2.54. The van der Waals surface area contributed by atoms with Crippen LogP contribution in [0.4, 0.5) is 14.9 Å². The third-order valence-electron chi connectivity index (χ3n) is 6.02. The fourth-order valence-electron chi connectivity index (χ4n) is 4.24. The van der Waals surface area contributed by atoms with Crippen LogP contribution < -0.4 is 15.0 Å². The average Bonchev–Trinajstić information content (AvgIpc) is 3.12. The summed E-state index contributed by atoms with van der Waals surface area (Å²) in [6.07, 6.45) is 1.24. The first-order chi connectivity index (χ1) is 17.8. The first-order valence-corrected chi connectivity index (χ1v) is 11.1. The number of hydrogen-bond acceptors (Lipinski definition) is 6. The second kappa shape index (κ2) is 9.15. The van der Waals surface area contributed by atoms with Crippen molar-refractivity contribution in [3.05, 3.63) is 100 Å². The van der Waals surface area contributed by atoms with Crippen molar-refractivity contribution in [2.24, 2.45) is 0 Å². The fraction of sp³-hybridized carbons (Fsp3) is 0.0741.